The van der Waals surface area contributed by atoms with Crippen molar-refractivity contribution in [3.8, 4) is 5.75 Å². The standard InChI is InChI=1S/C27H29NO5/c1-30-23-14-12-22(13-15-23)27-28-24(16-29)26(33-27)25(32-18-21-10-6-3-7-11-21)19-31-17-20-8-4-2-5-9-20/h2-15,24-26,29H,16-19H2,1H3/t24-,25-,26-/m1/s1. The smallest absolute Gasteiger partial charge is 0.217 e. The van der Waals surface area contributed by atoms with E-state index in [4.69, 9.17) is 18.9 Å². The van der Waals surface area contributed by atoms with E-state index in [0.29, 0.717) is 25.7 Å². The molecule has 1 aliphatic rings. The number of methoxy groups -OCH3 is 1. The zero-order valence-corrected chi connectivity index (χ0v) is 18.7. The molecule has 0 aliphatic carbocycles. The number of ether oxygens (including phenoxy) is 4. The van der Waals surface area contributed by atoms with Crippen molar-refractivity contribution in [3.63, 3.8) is 0 Å². The molecule has 0 aromatic heterocycles. The Kier molecular flexibility index (Phi) is 8.09. The molecular formula is C27H29NO5. The highest BCUT2D eigenvalue weighted by Gasteiger charge is 2.38. The normalized spacial score (nSPS) is 18.4. The largest absolute Gasteiger partial charge is 0.497 e. The molecule has 0 radical (unpaired) electrons. The van der Waals surface area contributed by atoms with Gasteiger partial charge in [0.05, 0.1) is 33.5 Å². The highest BCUT2D eigenvalue weighted by Crippen LogP contribution is 2.25. The maximum atomic E-state index is 10.0. The molecule has 6 heteroatoms. The highest BCUT2D eigenvalue weighted by atomic mass is 16.6. The first kappa shape index (κ1) is 23.0. The summed E-state index contributed by atoms with van der Waals surface area (Å²) in [5.41, 5.74) is 2.96. The van der Waals surface area contributed by atoms with Crippen LogP contribution in [-0.2, 0) is 27.4 Å². The third kappa shape index (κ3) is 6.20. The van der Waals surface area contributed by atoms with Crippen molar-refractivity contribution in [2.24, 2.45) is 4.99 Å². The fourth-order valence-corrected chi connectivity index (χ4v) is 3.69. The van der Waals surface area contributed by atoms with Crippen LogP contribution in [0.5, 0.6) is 5.75 Å². The van der Waals surface area contributed by atoms with Gasteiger partial charge in [-0.3, -0.25) is 0 Å². The molecule has 3 aromatic rings. The van der Waals surface area contributed by atoms with Crippen LogP contribution in [0.3, 0.4) is 0 Å². The lowest BCUT2D eigenvalue weighted by Gasteiger charge is -2.26. The number of hydrogen-bond acceptors (Lipinski definition) is 6. The average Bonchev–Trinajstić information content (AvgIpc) is 3.32. The Morgan fingerprint density at radius 3 is 2.12 bits per heavy atom. The molecular weight excluding hydrogens is 418 g/mol. The Bertz CT molecular complexity index is 1010. The molecule has 0 unspecified atom stereocenters. The summed E-state index contributed by atoms with van der Waals surface area (Å²) in [6.45, 7) is 1.05. The number of rotatable bonds is 11. The van der Waals surface area contributed by atoms with Crippen molar-refractivity contribution in [2.45, 2.75) is 31.5 Å². The van der Waals surface area contributed by atoms with E-state index in [0.717, 1.165) is 22.4 Å². The van der Waals surface area contributed by atoms with Gasteiger partial charge in [-0.15, -0.1) is 0 Å². The van der Waals surface area contributed by atoms with Crippen molar-refractivity contribution in [1.29, 1.82) is 0 Å². The van der Waals surface area contributed by atoms with E-state index >= 15 is 0 Å². The summed E-state index contributed by atoms with van der Waals surface area (Å²) in [4.78, 5) is 4.62. The summed E-state index contributed by atoms with van der Waals surface area (Å²) in [7, 11) is 1.63. The van der Waals surface area contributed by atoms with Crippen molar-refractivity contribution >= 4 is 5.90 Å². The van der Waals surface area contributed by atoms with Crippen LogP contribution in [0.4, 0.5) is 0 Å². The van der Waals surface area contributed by atoms with Gasteiger partial charge in [-0.1, -0.05) is 60.7 Å². The SMILES string of the molecule is COc1ccc(C2=N[C@H](CO)[C@H]([C@@H](COCc3ccccc3)OCc3ccccc3)O2)cc1. The van der Waals surface area contributed by atoms with Gasteiger partial charge in [0.2, 0.25) is 5.90 Å². The lowest BCUT2D eigenvalue weighted by Crippen LogP contribution is -2.42. The summed E-state index contributed by atoms with van der Waals surface area (Å²) < 4.78 is 23.7. The Morgan fingerprint density at radius 1 is 0.879 bits per heavy atom. The minimum Gasteiger partial charge on any atom is -0.497 e. The molecule has 33 heavy (non-hydrogen) atoms. The topological polar surface area (TPSA) is 69.5 Å². The number of aliphatic hydroxyl groups is 1. The van der Waals surface area contributed by atoms with Gasteiger partial charge >= 0.3 is 0 Å². The van der Waals surface area contributed by atoms with Gasteiger partial charge in [0.25, 0.3) is 0 Å². The summed E-state index contributed by atoms with van der Waals surface area (Å²) in [5.74, 6) is 1.24. The Hall–Kier alpha value is -3.19. The third-order valence-corrected chi connectivity index (χ3v) is 5.50. The average molecular weight is 448 g/mol. The van der Waals surface area contributed by atoms with E-state index in [1.54, 1.807) is 7.11 Å². The van der Waals surface area contributed by atoms with Crippen LogP contribution >= 0.6 is 0 Å². The van der Waals surface area contributed by atoms with Crippen molar-refractivity contribution < 1.29 is 24.1 Å². The molecule has 0 saturated heterocycles. The van der Waals surface area contributed by atoms with Crippen LogP contribution in [0, 0.1) is 0 Å². The fourth-order valence-electron chi connectivity index (χ4n) is 3.69. The monoisotopic (exact) mass is 447 g/mol. The van der Waals surface area contributed by atoms with E-state index < -0.39 is 18.2 Å². The molecule has 4 rings (SSSR count). The summed E-state index contributed by atoms with van der Waals surface area (Å²) in [5, 5.41) is 10.0. The van der Waals surface area contributed by atoms with Crippen molar-refractivity contribution in [3.05, 3.63) is 102 Å². The first-order valence-corrected chi connectivity index (χ1v) is 11.0. The molecule has 1 aliphatic heterocycles. The molecule has 0 spiro atoms. The minimum atomic E-state index is -0.466. The molecule has 1 N–H and O–H groups in total. The number of aliphatic imine (C=N–C) groups is 1. The molecule has 0 saturated carbocycles. The number of aliphatic hydroxyl groups excluding tert-OH is 1. The third-order valence-electron chi connectivity index (χ3n) is 5.50. The van der Waals surface area contributed by atoms with Crippen LogP contribution in [0.1, 0.15) is 16.7 Å². The van der Waals surface area contributed by atoms with Crippen LogP contribution in [0.2, 0.25) is 0 Å². The molecule has 1 heterocycles. The van der Waals surface area contributed by atoms with E-state index in [1.165, 1.54) is 0 Å². The lowest BCUT2D eigenvalue weighted by molar-refractivity contribution is -0.0874. The second-order valence-electron chi connectivity index (χ2n) is 7.83. The minimum absolute atomic E-state index is 0.145. The van der Waals surface area contributed by atoms with Crippen LogP contribution in [-0.4, -0.2) is 49.6 Å². The molecule has 0 fully saturated rings. The van der Waals surface area contributed by atoms with Crippen molar-refractivity contribution in [2.75, 3.05) is 20.3 Å². The van der Waals surface area contributed by atoms with Gasteiger partial charge in [-0.25, -0.2) is 4.99 Å². The maximum Gasteiger partial charge on any atom is 0.217 e. The van der Waals surface area contributed by atoms with Gasteiger partial charge in [-0.05, 0) is 35.4 Å². The lowest BCUT2D eigenvalue weighted by atomic mass is 10.1. The van der Waals surface area contributed by atoms with Gasteiger partial charge in [-0.2, -0.15) is 0 Å². The van der Waals surface area contributed by atoms with Gasteiger partial charge in [0.15, 0.2) is 6.10 Å². The van der Waals surface area contributed by atoms with Gasteiger partial charge < -0.3 is 24.1 Å². The second-order valence-corrected chi connectivity index (χ2v) is 7.83. The quantitative estimate of drug-likeness (QED) is 0.481. The van der Waals surface area contributed by atoms with Gasteiger partial charge in [0.1, 0.15) is 17.9 Å². The number of nitrogens with zero attached hydrogens (tertiary/aromatic N) is 1. The summed E-state index contributed by atoms with van der Waals surface area (Å²) >= 11 is 0. The van der Waals surface area contributed by atoms with Gasteiger partial charge in [0, 0.05) is 5.56 Å². The van der Waals surface area contributed by atoms with E-state index in [1.807, 2.05) is 84.9 Å². The molecule has 172 valence electrons. The predicted molar refractivity (Wildman–Crippen MR) is 126 cm³/mol. The Balaban J connectivity index is 1.46. The van der Waals surface area contributed by atoms with Crippen molar-refractivity contribution in [1.82, 2.24) is 0 Å². The van der Waals surface area contributed by atoms with E-state index in [2.05, 4.69) is 4.99 Å². The Morgan fingerprint density at radius 2 is 1.52 bits per heavy atom. The summed E-state index contributed by atoms with van der Waals surface area (Å²) in [6, 6.07) is 27.0. The fraction of sp³-hybridized carbons (Fsp3) is 0.296. The van der Waals surface area contributed by atoms with E-state index in [-0.39, 0.29) is 6.61 Å². The first-order valence-electron chi connectivity index (χ1n) is 11.0. The first-order chi connectivity index (χ1) is 16.3. The van der Waals surface area contributed by atoms with Crippen LogP contribution in [0.25, 0.3) is 0 Å². The molecule has 0 amide bonds. The zero-order chi connectivity index (χ0) is 22.9. The van der Waals surface area contributed by atoms with Crippen LogP contribution < -0.4 is 4.74 Å². The zero-order valence-electron chi connectivity index (χ0n) is 18.7. The molecule has 6 nitrogen and oxygen atoms in total. The molecule has 3 aromatic carbocycles. The highest BCUT2D eigenvalue weighted by molar-refractivity contribution is 5.95. The number of benzene rings is 3. The number of hydrogen-bond donors (Lipinski definition) is 1. The second kappa shape index (κ2) is 11.6. The molecule has 0 bridgehead atoms. The predicted octanol–water partition coefficient (Wildman–Crippen LogP) is 4.00. The maximum absolute atomic E-state index is 10.0. The molecule has 3 atom stereocenters. The van der Waals surface area contributed by atoms with E-state index in [9.17, 15) is 5.11 Å². The van der Waals surface area contributed by atoms with Crippen LogP contribution in [0.15, 0.2) is 89.9 Å². The Labute approximate surface area is 194 Å². The summed E-state index contributed by atoms with van der Waals surface area (Å²) in [6.07, 6.45) is -0.878.